The molecule has 0 saturated carbocycles. The van der Waals surface area contributed by atoms with Gasteiger partial charge in [0.1, 0.15) is 17.9 Å². The molecule has 0 spiro atoms. The van der Waals surface area contributed by atoms with Gasteiger partial charge in [0.05, 0.1) is 12.2 Å². The third-order valence-electron chi connectivity index (χ3n) is 6.40. The fourth-order valence-electron chi connectivity index (χ4n) is 4.74. The van der Waals surface area contributed by atoms with Crippen molar-refractivity contribution >= 4 is 11.7 Å². The van der Waals surface area contributed by atoms with Crippen LogP contribution >= 0.6 is 0 Å². The van der Waals surface area contributed by atoms with Crippen molar-refractivity contribution in [3.05, 3.63) is 47.9 Å². The van der Waals surface area contributed by atoms with Crippen LogP contribution in [-0.4, -0.2) is 82.8 Å². The Morgan fingerprint density at radius 1 is 1.21 bits per heavy atom. The van der Waals surface area contributed by atoms with E-state index in [0.29, 0.717) is 26.1 Å². The molecule has 4 rings (SSSR count). The normalized spacial score (nSPS) is 20.8. The Balaban J connectivity index is 1.20. The topological polar surface area (TPSA) is 82.0 Å². The Bertz CT molecular complexity index is 938. The van der Waals surface area contributed by atoms with E-state index in [4.69, 9.17) is 4.74 Å². The van der Waals surface area contributed by atoms with Crippen LogP contribution < -0.4 is 9.64 Å². The quantitative estimate of drug-likeness (QED) is 0.553. The first-order chi connectivity index (χ1) is 15.9. The number of aliphatic hydroxyl groups is 1. The summed E-state index contributed by atoms with van der Waals surface area (Å²) in [4.78, 5) is 26.4. The van der Waals surface area contributed by atoms with E-state index in [0.717, 1.165) is 62.7 Å². The van der Waals surface area contributed by atoms with Gasteiger partial charge in [-0.3, -0.25) is 9.69 Å². The lowest BCUT2D eigenvalue weighted by Crippen LogP contribution is -2.43. The van der Waals surface area contributed by atoms with E-state index in [1.54, 1.807) is 6.33 Å². The standard InChI is InChI=1S/C25H35N5O3/c1-20-15-23(27-19-26-20)30-13-10-25(32,18-30)17-28(2)16-21-6-8-22(9-7-21)33-14-4-12-29-11-3-5-24(29)31/h6-9,15,19,32H,3-5,10-14,16-18H2,1-2H3/t25-/m1/s1. The number of β-amino-alcohol motifs (C(OH)–C–C–N with tert-alkyl or cyclic N) is 1. The number of likely N-dealkylation sites (tertiary alicyclic amines) is 1. The first-order valence-corrected chi connectivity index (χ1v) is 11.8. The van der Waals surface area contributed by atoms with Crippen LogP contribution in [0.25, 0.3) is 0 Å². The van der Waals surface area contributed by atoms with Crippen molar-refractivity contribution in [2.24, 2.45) is 0 Å². The Morgan fingerprint density at radius 2 is 2.03 bits per heavy atom. The van der Waals surface area contributed by atoms with Crippen molar-refractivity contribution < 1.29 is 14.6 Å². The van der Waals surface area contributed by atoms with Crippen molar-refractivity contribution in [3.8, 4) is 5.75 Å². The SMILES string of the molecule is Cc1cc(N2CC[C@@](O)(CN(C)Cc3ccc(OCCCN4CCCC4=O)cc3)C2)ncn1. The highest BCUT2D eigenvalue weighted by molar-refractivity contribution is 5.77. The predicted molar refractivity (Wildman–Crippen MR) is 127 cm³/mol. The largest absolute Gasteiger partial charge is 0.494 e. The molecule has 178 valence electrons. The number of carbonyl (C=O) groups excluding carboxylic acids is 1. The molecule has 2 aromatic rings. The van der Waals surface area contributed by atoms with Gasteiger partial charge in [0, 0.05) is 57.4 Å². The van der Waals surface area contributed by atoms with Gasteiger partial charge in [0.15, 0.2) is 0 Å². The number of likely N-dealkylation sites (N-methyl/N-ethyl adjacent to an activating group) is 1. The van der Waals surface area contributed by atoms with Crippen molar-refractivity contribution in [1.82, 2.24) is 19.8 Å². The number of rotatable bonds is 10. The van der Waals surface area contributed by atoms with Crippen LogP contribution in [0.5, 0.6) is 5.75 Å². The summed E-state index contributed by atoms with van der Waals surface area (Å²) in [6.45, 7) is 6.94. The zero-order valence-electron chi connectivity index (χ0n) is 19.7. The Hall–Kier alpha value is -2.71. The van der Waals surface area contributed by atoms with Gasteiger partial charge in [-0.25, -0.2) is 9.97 Å². The molecule has 2 aliphatic rings. The molecule has 8 heteroatoms. The number of amides is 1. The number of carbonyl (C=O) groups is 1. The van der Waals surface area contributed by atoms with E-state index in [1.807, 2.05) is 37.1 Å². The molecule has 1 aromatic carbocycles. The minimum Gasteiger partial charge on any atom is -0.494 e. The lowest BCUT2D eigenvalue weighted by molar-refractivity contribution is -0.127. The van der Waals surface area contributed by atoms with Gasteiger partial charge in [0.2, 0.25) is 5.91 Å². The summed E-state index contributed by atoms with van der Waals surface area (Å²) in [6, 6.07) is 10.1. The molecule has 2 fully saturated rings. The Kier molecular flexibility index (Phi) is 7.45. The Labute approximate surface area is 196 Å². The van der Waals surface area contributed by atoms with E-state index < -0.39 is 5.60 Å². The summed E-state index contributed by atoms with van der Waals surface area (Å²) in [6.07, 6.45) is 4.81. The first kappa shape index (κ1) is 23.4. The average molecular weight is 454 g/mol. The second kappa shape index (κ2) is 10.5. The molecule has 33 heavy (non-hydrogen) atoms. The van der Waals surface area contributed by atoms with Crippen LogP contribution in [0, 0.1) is 6.92 Å². The van der Waals surface area contributed by atoms with Crippen molar-refractivity contribution in [1.29, 1.82) is 0 Å². The van der Waals surface area contributed by atoms with Gasteiger partial charge in [-0.1, -0.05) is 12.1 Å². The number of ether oxygens (including phenoxy) is 1. The smallest absolute Gasteiger partial charge is 0.222 e. The van der Waals surface area contributed by atoms with E-state index in [9.17, 15) is 9.90 Å². The van der Waals surface area contributed by atoms with Crippen LogP contribution in [0.2, 0.25) is 0 Å². The lowest BCUT2D eigenvalue weighted by Gasteiger charge is -2.29. The minimum absolute atomic E-state index is 0.266. The summed E-state index contributed by atoms with van der Waals surface area (Å²) in [7, 11) is 2.04. The number of aryl methyl sites for hydroxylation is 1. The molecule has 2 saturated heterocycles. The molecule has 3 heterocycles. The number of aromatic nitrogens is 2. The van der Waals surface area contributed by atoms with Crippen LogP contribution in [0.3, 0.4) is 0 Å². The zero-order chi connectivity index (χ0) is 23.3. The van der Waals surface area contributed by atoms with E-state index in [2.05, 4.69) is 31.9 Å². The summed E-state index contributed by atoms with van der Waals surface area (Å²) >= 11 is 0. The number of nitrogens with zero attached hydrogens (tertiary/aromatic N) is 5. The number of hydrogen-bond donors (Lipinski definition) is 1. The van der Waals surface area contributed by atoms with Crippen LogP contribution in [0.1, 0.15) is 36.9 Å². The van der Waals surface area contributed by atoms with Crippen LogP contribution in [-0.2, 0) is 11.3 Å². The molecule has 1 aromatic heterocycles. The summed E-state index contributed by atoms with van der Waals surface area (Å²) in [5, 5.41) is 11.1. The highest BCUT2D eigenvalue weighted by Gasteiger charge is 2.37. The zero-order valence-corrected chi connectivity index (χ0v) is 19.7. The van der Waals surface area contributed by atoms with Gasteiger partial charge in [-0.05, 0) is 50.9 Å². The minimum atomic E-state index is -0.757. The molecule has 2 aliphatic heterocycles. The predicted octanol–water partition coefficient (Wildman–Crippen LogP) is 2.25. The third kappa shape index (κ3) is 6.42. The maximum absolute atomic E-state index is 11.6. The molecule has 1 atom stereocenters. The molecule has 0 radical (unpaired) electrons. The van der Waals surface area contributed by atoms with E-state index in [1.165, 1.54) is 5.56 Å². The third-order valence-corrected chi connectivity index (χ3v) is 6.40. The summed E-state index contributed by atoms with van der Waals surface area (Å²) < 4.78 is 5.84. The monoisotopic (exact) mass is 453 g/mol. The maximum Gasteiger partial charge on any atom is 0.222 e. The highest BCUT2D eigenvalue weighted by atomic mass is 16.5. The van der Waals surface area contributed by atoms with Crippen LogP contribution in [0.4, 0.5) is 5.82 Å². The summed E-state index contributed by atoms with van der Waals surface area (Å²) in [5.74, 6) is 1.99. The molecule has 0 bridgehead atoms. The molecule has 1 amide bonds. The van der Waals surface area contributed by atoms with Gasteiger partial charge >= 0.3 is 0 Å². The van der Waals surface area contributed by atoms with Gasteiger partial charge < -0.3 is 19.6 Å². The van der Waals surface area contributed by atoms with Crippen molar-refractivity contribution in [2.45, 2.75) is 44.8 Å². The molecule has 0 aliphatic carbocycles. The van der Waals surface area contributed by atoms with E-state index in [-0.39, 0.29) is 5.91 Å². The van der Waals surface area contributed by atoms with E-state index >= 15 is 0 Å². The maximum atomic E-state index is 11.6. The lowest BCUT2D eigenvalue weighted by atomic mass is 10.0. The summed E-state index contributed by atoms with van der Waals surface area (Å²) in [5.41, 5.74) is 1.35. The van der Waals surface area contributed by atoms with Gasteiger partial charge in [0.25, 0.3) is 0 Å². The molecular formula is C25H35N5O3. The number of anilines is 1. The Morgan fingerprint density at radius 3 is 2.76 bits per heavy atom. The van der Waals surface area contributed by atoms with Gasteiger partial charge in [-0.2, -0.15) is 0 Å². The van der Waals surface area contributed by atoms with Crippen molar-refractivity contribution in [2.75, 3.05) is 51.3 Å². The second-order valence-corrected chi connectivity index (χ2v) is 9.42. The number of hydrogen-bond acceptors (Lipinski definition) is 7. The number of benzene rings is 1. The fourth-order valence-corrected chi connectivity index (χ4v) is 4.74. The molecule has 0 unspecified atom stereocenters. The first-order valence-electron chi connectivity index (χ1n) is 11.8. The molecule has 8 nitrogen and oxygen atoms in total. The molecule has 1 N–H and O–H groups in total. The second-order valence-electron chi connectivity index (χ2n) is 9.42. The molecular weight excluding hydrogens is 418 g/mol. The average Bonchev–Trinajstić information content (AvgIpc) is 3.37. The van der Waals surface area contributed by atoms with Gasteiger partial charge in [-0.15, -0.1) is 0 Å². The fraction of sp³-hybridized carbons (Fsp3) is 0.560. The highest BCUT2D eigenvalue weighted by Crippen LogP contribution is 2.27. The van der Waals surface area contributed by atoms with Crippen LogP contribution in [0.15, 0.2) is 36.7 Å². The van der Waals surface area contributed by atoms with Crippen molar-refractivity contribution in [3.63, 3.8) is 0 Å².